The number of carbonyl (C=O) groups excluding carboxylic acids is 2. The van der Waals surface area contributed by atoms with Gasteiger partial charge in [-0.3, -0.25) is 14.5 Å². The molecule has 1 heterocycles. The van der Waals surface area contributed by atoms with Crippen LogP contribution in [0.4, 0.5) is 4.79 Å². The Labute approximate surface area is 207 Å². The number of halogens is 4. The highest BCUT2D eigenvalue weighted by atomic mass is 79.9. The molecule has 31 heavy (non-hydrogen) atoms. The van der Waals surface area contributed by atoms with E-state index in [1.54, 1.807) is 43.5 Å². The number of hydrogen-bond donors (Lipinski definition) is 0. The highest BCUT2D eigenvalue weighted by Gasteiger charge is 2.34. The van der Waals surface area contributed by atoms with E-state index in [9.17, 15) is 9.59 Å². The van der Waals surface area contributed by atoms with Crippen molar-refractivity contribution in [2.75, 3.05) is 20.3 Å². The lowest BCUT2D eigenvalue weighted by atomic mass is 10.2. The molecule has 0 radical (unpaired) electrons. The first-order valence-electron chi connectivity index (χ1n) is 9.10. The maximum Gasteiger partial charge on any atom is 0.293 e. The second kappa shape index (κ2) is 11.1. The molecule has 0 unspecified atom stereocenters. The third-order valence-corrected chi connectivity index (χ3v) is 6.67. The van der Waals surface area contributed by atoms with Crippen LogP contribution in [0.25, 0.3) is 6.08 Å². The van der Waals surface area contributed by atoms with Gasteiger partial charge >= 0.3 is 0 Å². The van der Waals surface area contributed by atoms with Crippen LogP contribution in [0.15, 0.2) is 39.7 Å². The van der Waals surface area contributed by atoms with E-state index in [0.29, 0.717) is 55.3 Å². The Morgan fingerprint density at radius 2 is 1.90 bits per heavy atom. The summed E-state index contributed by atoms with van der Waals surface area (Å²) in [5, 5.41) is 1.10. The highest BCUT2D eigenvalue weighted by Crippen LogP contribution is 2.38. The SMILES string of the molecule is COCCCN1C(=O)S/C(=C/c2cc(Cl)c(OCc3ccc(Cl)cc3Cl)c(Br)c2)C1=O. The normalized spacial score (nSPS) is 15.3. The van der Waals surface area contributed by atoms with Crippen molar-refractivity contribution in [2.45, 2.75) is 13.0 Å². The van der Waals surface area contributed by atoms with Crippen molar-refractivity contribution in [3.63, 3.8) is 0 Å². The lowest BCUT2D eigenvalue weighted by Crippen LogP contribution is -2.29. The summed E-state index contributed by atoms with van der Waals surface area (Å²) >= 11 is 22.9. The van der Waals surface area contributed by atoms with Crippen LogP contribution >= 0.6 is 62.5 Å². The van der Waals surface area contributed by atoms with Crippen molar-refractivity contribution in [3.8, 4) is 5.75 Å². The van der Waals surface area contributed by atoms with Gasteiger partial charge in [0.1, 0.15) is 6.61 Å². The van der Waals surface area contributed by atoms with Gasteiger partial charge in [-0.1, -0.05) is 40.9 Å². The van der Waals surface area contributed by atoms with Crippen LogP contribution in [-0.2, 0) is 16.1 Å². The number of thioether (sulfide) groups is 1. The summed E-state index contributed by atoms with van der Waals surface area (Å²) in [5.74, 6) is 0.119. The van der Waals surface area contributed by atoms with Crippen LogP contribution < -0.4 is 4.74 Å². The Balaban J connectivity index is 1.74. The molecule has 1 saturated heterocycles. The molecule has 164 valence electrons. The number of methoxy groups -OCH3 is 1. The fourth-order valence-electron chi connectivity index (χ4n) is 2.80. The molecule has 5 nitrogen and oxygen atoms in total. The first kappa shape index (κ1) is 24.4. The second-order valence-corrected chi connectivity index (χ2v) is 9.62. The van der Waals surface area contributed by atoms with Crippen LogP contribution in [0.2, 0.25) is 15.1 Å². The maximum absolute atomic E-state index is 12.6. The molecule has 2 aromatic carbocycles. The van der Waals surface area contributed by atoms with E-state index in [-0.39, 0.29) is 17.8 Å². The van der Waals surface area contributed by atoms with Gasteiger partial charge in [-0.25, -0.2) is 0 Å². The first-order chi connectivity index (χ1) is 14.8. The van der Waals surface area contributed by atoms with Crippen LogP contribution in [0.1, 0.15) is 17.5 Å². The van der Waals surface area contributed by atoms with Crippen molar-refractivity contribution >= 4 is 79.7 Å². The fraction of sp³-hybridized carbons (Fsp3) is 0.238. The fourth-order valence-corrected chi connectivity index (χ4v) is 5.12. The quantitative estimate of drug-likeness (QED) is 0.253. The molecule has 1 fully saturated rings. The zero-order chi connectivity index (χ0) is 22.5. The molecular formula is C21H17BrCl3NO4S. The molecule has 0 atom stereocenters. The van der Waals surface area contributed by atoms with Crippen molar-refractivity contribution in [3.05, 3.63) is 65.9 Å². The standard InChI is InChI=1S/C21H17BrCl3NO4S/c1-29-6-2-5-26-20(27)18(31-21(26)28)9-12-7-15(22)19(17(25)8-12)30-11-13-3-4-14(23)10-16(13)24/h3-4,7-10H,2,5-6,11H2,1H3/b18-9+. The maximum atomic E-state index is 12.6. The minimum absolute atomic E-state index is 0.202. The predicted molar refractivity (Wildman–Crippen MR) is 129 cm³/mol. The molecule has 0 spiro atoms. The van der Waals surface area contributed by atoms with Gasteiger partial charge < -0.3 is 9.47 Å². The summed E-state index contributed by atoms with van der Waals surface area (Å²) in [6.45, 7) is 1.00. The Hall–Kier alpha value is -1.22. The average Bonchev–Trinajstić information content (AvgIpc) is 2.96. The molecule has 0 aliphatic carbocycles. The van der Waals surface area contributed by atoms with E-state index in [1.807, 2.05) is 0 Å². The van der Waals surface area contributed by atoms with Crippen molar-refractivity contribution in [2.24, 2.45) is 0 Å². The number of benzene rings is 2. The molecule has 2 aromatic rings. The third kappa shape index (κ3) is 6.18. The van der Waals surface area contributed by atoms with Crippen LogP contribution in [-0.4, -0.2) is 36.3 Å². The number of hydrogen-bond acceptors (Lipinski definition) is 5. The Morgan fingerprint density at radius 3 is 2.58 bits per heavy atom. The number of ether oxygens (including phenoxy) is 2. The molecule has 0 bridgehead atoms. The highest BCUT2D eigenvalue weighted by molar-refractivity contribution is 9.10. The lowest BCUT2D eigenvalue weighted by molar-refractivity contribution is -0.122. The lowest BCUT2D eigenvalue weighted by Gasteiger charge is -2.13. The van der Waals surface area contributed by atoms with Crippen molar-refractivity contribution in [1.82, 2.24) is 4.90 Å². The van der Waals surface area contributed by atoms with E-state index >= 15 is 0 Å². The number of nitrogens with zero attached hydrogens (tertiary/aromatic N) is 1. The van der Waals surface area contributed by atoms with Crippen LogP contribution in [0.3, 0.4) is 0 Å². The second-order valence-electron chi connectivity index (χ2n) is 6.52. The van der Waals surface area contributed by atoms with Gasteiger partial charge in [0.2, 0.25) is 0 Å². The van der Waals surface area contributed by atoms with Gasteiger partial charge in [0, 0.05) is 35.9 Å². The summed E-state index contributed by atoms with van der Waals surface area (Å²) in [5.41, 5.74) is 1.43. The molecule has 10 heteroatoms. The zero-order valence-electron chi connectivity index (χ0n) is 16.3. The van der Waals surface area contributed by atoms with Crippen molar-refractivity contribution in [1.29, 1.82) is 0 Å². The number of imide groups is 1. The average molecular weight is 566 g/mol. The Bertz CT molecular complexity index is 1020. The first-order valence-corrected chi connectivity index (χ1v) is 11.8. The van der Waals surface area contributed by atoms with Crippen LogP contribution in [0, 0.1) is 0 Å². The molecule has 0 N–H and O–H groups in total. The van der Waals surface area contributed by atoms with Gasteiger partial charge in [-0.15, -0.1) is 0 Å². The molecular weight excluding hydrogens is 549 g/mol. The summed E-state index contributed by atoms with van der Waals surface area (Å²) in [6, 6.07) is 8.59. The zero-order valence-corrected chi connectivity index (χ0v) is 21.0. The van der Waals surface area contributed by atoms with Gasteiger partial charge in [-0.2, -0.15) is 0 Å². The predicted octanol–water partition coefficient (Wildman–Crippen LogP) is 7.06. The largest absolute Gasteiger partial charge is 0.486 e. The molecule has 0 saturated carbocycles. The van der Waals surface area contributed by atoms with E-state index in [0.717, 1.165) is 17.3 Å². The number of carbonyl (C=O) groups is 2. The van der Waals surface area contributed by atoms with Gasteiger partial charge in [0.05, 0.1) is 14.4 Å². The molecule has 1 aliphatic rings. The minimum atomic E-state index is -0.323. The summed E-state index contributed by atoms with van der Waals surface area (Å²) in [7, 11) is 1.58. The number of rotatable bonds is 8. The minimum Gasteiger partial charge on any atom is -0.486 e. The van der Waals surface area contributed by atoms with Gasteiger partial charge in [0.25, 0.3) is 11.1 Å². The van der Waals surface area contributed by atoms with E-state index in [2.05, 4.69) is 15.9 Å². The summed E-state index contributed by atoms with van der Waals surface area (Å²) in [4.78, 5) is 26.3. The summed E-state index contributed by atoms with van der Waals surface area (Å²) in [6.07, 6.45) is 2.22. The molecule has 3 rings (SSSR count). The third-order valence-electron chi connectivity index (χ3n) is 4.31. The molecule has 1 aliphatic heterocycles. The summed E-state index contributed by atoms with van der Waals surface area (Å²) < 4.78 is 11.4. The molecule has 2 amide bonds. The van der Waals surface area contributed by atoms with E-state index in [1.165, 1.54) is 4.90 Å². The van der Waals surface area contributed by atoms with Crippen molar-refractivity contribution < 1.29 is 19.1 Å². The van der Waals surface area contributed by atoms with E-state index < -0.39 is 0 Å². The van der Waals surface area contributed by atoms with Gasteiger partial charge in [-0.05, 0) is 70.0 Å². The van der Waals surface area contributed by atoms with E-state index in [4.69, 9.17) is 44.3 Å². The molecule has 0 aromatic heterocycles. The topological polar surface area (TPSA) is 55.8 Å². The smallest absolute Gasteiger partial charge is 0.293 e. The van der Waals surface area contributed by atoms with Crippen LogP contribution in [0.5, 0.6) is 5.75 Å². The number of amides is 2. The Morgan fingerprint density at radius 1 is 1.13 bits per heavy atom. The van der Waals surface area contributed by atoms with Gasteiger partial charge in [0.15, 0.2) is 5.75 Å². The Kier molecular flexibility index (Phi) is 8.73. The monoisotopic (exact) mass is 563 g/mol.